The van der Waals surface area contributed by atoms with Crippen LogP contribution in [0.25, 0.3) is 0 Å². The molecule has 146 valence electrons. The zero-order valence-electron chi connectivity index (χ0n) is 15.6. The predicted octanol–water partition coefficient (Wildman–Crippen LogP) is 0.790. The van der Waals surface area contributed by atoms with Crippen molar-refractivity contribution in [2.45, 2.75) is 19.4 Å². The van der Waals surface area contributed by atoms with Crippen molar-refractivity contribution in [1.29, 1.82) is 0 Å². The number of aromatic amines is 1. The topological polar surface area (TPSA) is 107 Å². The van der Waals surface area contributed by atoms with Gasteiger partial charge in [0.2, 0.25) is 10.0 Å². The van der Waals surface area contributed by atoms with E-state index in [4.69, 9.17) is 0 Å². The molecule has 0 aliphatic carbocycles. The van der Waals surface area contributed by atoms with E-state index in [0.29, 0.717) is 24.2 Å². The fraction of sp³-hybridized carbons (Fsp3) is 0.444. The molecule has 2 heterocycles. The lowest BCUT2D eigenvalue weighted by atomic mass is 10.0. The van der Waals surface area contributed by atoms with Crippen molar-refractivity contribution in [2.24, 2.45) is 5.92 Å². The van der Waals surface area contributed by atoms with Gasteiger partial charge in [-0.05, 0) is 43.7 Å². The Morgan fingerprint density at radius 3 is 2.56 bits per heavy atom. The zero-order valence-corrected chi connectivity index (χ0v) is 16.4. The molecule has 1 amide bonds. The van der Waals surface area contributed by atoms with Crippen LogP contribution in [0.3, 0.4) is 0 Å². The minimum atomic E-state index is -3.35. The minimum absolute atomic E-state index is 0.0627. The second-order valence-corrected chi connectivity index (χ2v) is 9.08. The second-order valence-electron chi connectivity index (χ2n) is 7.06. The van der Waals surface area contributed by atoms with Gasteiger partial charge in [0.05, 0.1) is 23.7 Å². The van der Waals surface area contributed by atoms with Crippen LogP contribution >= 0.6 is 0 Å². The lowest BCUT2D eigenvalue weighted by Crippen LogP contribution is -2.30. The molecule has 0 unspecified atom stereocenters. The van der Waals surface area contributed by atoms with Gasteiger partial charge in [-0.3, -0.25) is 14.2 Å². The molecule has 0 spiro atoms. The average molecular weight is 392 g/mol. The molecule has 9 heteroatoms. The summed E-state index contributed by atoms with van der Waals surface area (Å²) in [5.74, 6) is -0.240. The largest absolute Gasteiger partial charge is 0.391 e. The molecule has 3 rings (SSSR count). The van der Waals surface area contributed by atoms with Gasteiger partial charge in [0.25, 0.3) is 5.91 Å². The number of aryl methyl sites for hydroxylation is 1. The maximum absolute atomic E-state index is 12.7. The van der Waals surface area contributed by atoms with Gasteiger partial charge in [-0.25, -0.2) is 8.42 Å². The normalized spacial score (nSPS) is 20.1. The number of aliphatic hydroxyl groups is 1. The number of hydrogen-bond donors (Lipinski definition) is 2. The van der Waals surface area contributed by atoms with Gasteiger partial charge in [0.1, 0.15) is 0 Å². The molecule has 0 saturated carbocycles. The Balaban J connectivity index is 1.67. The van der Waals surface area contributed by atoms with Crippen LogP contribution in [0.5, 0.6) is 0 Å². The third-order valence-corrected chi connectivity index (χ3v) is 6.11. The van der Waals surface area contributed by atoms with Crippen molar-refractivity contribution in [2.75, 3.05) is 30.7 Å². The third-order valence-electron chi connectivity index (χ3n) is 4.90. The number of sulfonamides is 1. The Morgan fingerprint density at radius 1 is 1.33 bits per heavy atom. The number of rotatable bonds is 5. The molecule has 1 fully saturated rings. The molecule has 1 aliphatic rings. The van der Waals surface area contributed by atoms with Crippen LogP contribution in [-0.2, 0) is 16.4 Å². The standard InChI is InChI=1S/C18H24N4O4S/c1-12-8-15(20-19-12)9-14-10-22(11-17(14)23)18(24)13-4-6-16(7-5-13)21(2)27(3,25)26/h4-8,14,17,23H,9-11H2,1-3H3,(H,19,20)/t14-,17-/m1/s1. The van der Waals surface area contributed by atoms with Crippen LogP contribution in [0.1, 0.15) is 21.7 Å². The van der Waals surface area contributed by atoms with E-state index >= 15 is 0 Å². The van der Waals surface area contributed by atoms with Gasteiger partial charge in [-0.1, -0.05) is 0 Å². The van der Waals surface area contributed by atoms with Crippen molar-refractivity contribution in [3.63, 3.8) is 0 Å². The third kappa shape index (κ3) is 4.30. The van der Waals surface area contributed by atoms with Gasteiger partial charge in [-0.15, -0.1) is 0 Å². The number of amides is 1. The van der Waals surface area contributed by atoms with Gasteiger partial charge >= 0.3 is 0 Å². The van der Waals surface area contributed by atoms with Gasteiger partial charge < -0.3 is 10.0 Å². The molecule has 2 N–H and O–H groups in total. The molecule has 2 aromatic rings. The number of aliphatic hydroxyl groups excluding tert-OH is 1. The van der Waals surface area contributed by atoms with E-state index in [1.165, 1.54) is 7.05 Å². The summed E-state index contributed by atoms with van der Waals surface area (Å²) in [4.78, 5) is 14.4. The first kappa shape index (κ1) is 19.4. The summed E-state index contributed by atoms with van der Waals surface area (Å²) in [5.41, 5.74) is 2.79. The SMILES string of the molecule is Cc1cc(C[C@@H]2CN(C(=O)c3ccc(N(C)S(C)(=O)=O)cc3)C[C@H]2O)n[nH]1. The summed E-state index contributed by atoms with van der Waals surface area (Å²) in [6, 6.07) is 8.36. The Labute approximate surface area is 158 Å². The summed E-state index contributed by atoms with van der Waals surface area (Å²) in [6.07, 6.45) is 1.13. The fourth-order valence-electron chi connectivity index (χ4n) is 3.26. The molecule has 1 saturated heterocycles. The first-order chi connectivity index (χ1) is 12.6. The highest BCUT2D eigenvalue weighted by atomic mass is 32.2. The highest BCUT2D eigenvalue weighted by Crippen LogP contribution is 2.24. The molecule has 2 atom stereocenters. The number of benzene rings is 1. The second kappa shape index (κ2) is 7.32. The molecular weight excluding hydrogens is 368 g/mol. The van der Waals surface area contributed by atoms with Crippen molar-refractivity contribution >= 4 is 21.6 Å². The molecule has 1 aromatic heterocycles. The summed E-state index contributed by atoms with van der Waals surface area (Å²) in [7, 11) is -1.89. The zero-order chi connectivity index (χ0) is 19.8. The van der Waals surface area contributed by atoms with Crippen LogP contribution < -0.4 is 4.31 Å². The average Bonchev–Trinajstić information content (AvgIpc) is 3.19. The molecule has 1 aromatic carbocycles. The first-order valence-electron chi connectivity index (χ1n) is 8.67. The molecule has 1 aliphatic heterocycles. The van der Waals surface area contributed by atoms with E-state index in [-0.39, 0.29) is 18.4 Å². The number of nitrogens with zero attached hydrogens (tertiary/aromatic N) is 3. The van der Waals surface area contributed by atoms with E-state index in [2.05, 4.69) is 10.2 Å². The van der Waals surface area contributed by atoms with Crippen molar-refractivity contribution in [1.82, 2.24) is 15.1 Å². The number of hydrogen-bond acceptors (Lipinski definition) is 5. The molecule has 27 heavy (non-hydrogen) atoms. The Morgan fingerprint density at radius 2 is 2.00 bits per heavy atom. The molecule has 0 radical (unpaired) electrons. The number of likely N-dealkylation sites (tertiary alicyclic amines) is 1. The maximum atomic E-state index is 12.7. The summed E-state index contributed by atoms with van der Waals surface area (Å²) in [5, 5.41) is 17.4. The number of nitrogens with one attached hydrogen (secondary N) is 1. The smallest absolute Gasteiger partial charge is 0.253 e. The van der Waals surface area contributed by atoms with E-state index < -0.39 is 16.1 Å². The highest BCUT2D eigenvalue weighted by molar-refractivity contribution is 7.92. The minimum Gasteiger partial charge on any atom is -0.391 e. The van der Waals surface area contributed by atoms with Crippen molar-refractivity contribution < 1.29 is 18.3 Å². The Bertz CT molecular complexity index is 923. The quantitative estimate of drug-likeness (QED) is 0.782. The highest BCUT2D eigenvalue weighted by Gasteiger charge is 2.34. The summed E-state index contributed by atoms with van der Waals surface area (Å²) < 4.78 is 24.4. The monoisotopic (exact) mass is 392 g/mol. The lowest BCUT2D eigenvalue weighted by molar-refractivity contribution is 0.0764. The van der Waals surface area contributed by atoms with Gasteiger partial charge in [0.15, 0.2) is 0 Å². The van der Waals surface area contributed by atoms with Crippen molar-refractivity contribution in [3.8, 4) is 0 Å². The Kier molecular flexibility index (Phi) is 5.25. The van der Waals surface area contributed by atoms with Crippen LogP contribution in [0.4, 0.5) is 5.69 Å². The summed E-state index contributed by atoms with van der Waals surface area (Å²) in [6.45, 7) is 2.65. The predicted molar refractivity (Wildman–Crippen MR) is 102 cm³/mol. The number of aromatic nitrogens is 2. The van der Waals surface area contributed by atoms with Crippen molar-refractivity contribution in [3.05, 3.63) is 47.3 Å². The van der Waals surface area contributed by atoms with E-state index in [1.807, 2.05) is 13.0 Å². The number of β-amino-alcohol motifs (C(OH)–C–C–N with tert-alkyl or cyclic N) is 1. The van der Waals surface area contributed by atoms with E-state index in [0.717, 1.165) is 21.9 Å². The van der Waals surface area contributed by atoms with Crippen LogP contribution in [0, 0.1) is 12.8 Å². The number of H-pyrrole nitrogens is 1. The summed E-state index contributed by atoms with van der Waals surface area (Å²) >= 11 is 0. The first-order valence-corrected chi connectivity index (χ1v) is 10.5. The maximum Gasteiger partial charge on any atom is 0.253 e. The Hall–Kier alpha value is -2.39. The fourth-order valence-corrected chi connectivity index (χ4v) is 3.76. The number of carbonyl (C=O) groups excluding carboxylic acids is 1. The molecular formula is C18H24N4O4S. The van der Waals surface area contributed by atoms with Gasteiger partial charge in [0, 0.05) is 37.3 Å². The van der Waals surface area contributed by atoms with Crippen LogP contribution in [-0.4, -0.2) is 67.0 Å². The van der Waals surface area contributed by atoms with Crippen LogP contribution in [0.15, 0.2) is 30.3 Å². The lowest BCUT2D eigenvalue weighted by Gasteiger charge is -2.18. The molecule has 0 bridgehead atoms. The number of anilines is 1. The van der Waals surface area contributed by atoms with Gasteiger partial charge in [-0.2, -0.15) is 5.10 Å². The van der Waals surface area contributed by atoms with Crippen LogP contribution in [0.2, 0.25) is 0 Å². The van der Waals surface area contributed by atoms with E-state index in [9.17, 15) is 18.3 Å². The van der Waals surface area contributed by atoms with E-state index in [1.54, 1.807) is 29.2 Å². The molecule has 8 nitrogen and oxygen atoms in total. The number of carbonyl (C=O) groups is 1.